The molecule has 2 nitrogen and oxygen atoms in total. The molecule has 0 aliphatic heterocycles. The Hall–Kier alpha value is -1.54. The SMILES string of the molecule is C=C(C=Cc1ccc(CCl)cc1)C(=O)O. The fraction of sp³-hybridized carbons (Fsp3) is 0.0833. The maximum atomic E-state index is 10.5. The van der Waals surface area contributed by atoms with E-state index in [9.17, 15) is 4.79 Å². The van der Waals surface area contributed by atoms with Gasteiger partial charge < -0.3 is 5.11 Å². The lowest BCUT2D eigenvalue weighted by molar-refractivity contribution is -0.132. The lowest BCUT2D eigenvalue weighted by Crippen LogP contribution is -1.94. The second-order valence-electron chi connectivity index (χ2n) is 3.04. The van der Waals surface area contributed by atoms with E-state index in [1.54, 1.807) is 6.08 Å². The summed E-state index contributed by atoms with van der Waals surface area (Å²) in [6, 6.07) is 7.55. The van der Waals surface area contributed by atoms with Crippen LogP contribution < -0.4 is 0 Å². The fourth-order valence-corrected chi connectivity index (χ4v) is 1.16. The average molecular weight is 223 g/mol. The molecule has 0 aliphatic carbocycles. The molecule has 0 amide bonds. The van der Waals surface area contributed by atoms with Gasteiger partial charge in [0.25, 0.3) is 0 Å². The Morgan fingerprint density at radius 2 is 2.00 bits per heavy atom. The van der Waals surface area contributed by atoms with Gasteiger partial charge in [-0.1, -0.05) is 36.9 Å². The van der Waals surface area contributed by atoms with Crippen molar-refractivity contribution in [3.63, 3.8) is 0 Å². The molecule has 0 aliphatic rings. The molecule has 0 heterocycles. The van der Waals surface area contributed by atoms with Crippen LogP contribution in [0.5, 0.6) is 0 Å². The number of rotatable bonds is 4. The lowest BCUT2D eigenvalue weighted by atomic mass is 10.1. The molecule has 0 spiro atoms. The van der Waals surface area contributed by atoms with E-state index in [1.165, 1.54) is 6.08 Å². The largest absolute Gasteiger partial charge is 0.478 e. The van der Waals surface area contributed by atoms with Crippen LogP contribution in [-0.4, -0.2) is 11.1 Å². The molecule has 1 N–H and O–H groups in total. The fourth-order valence-electron chi connectivity index (χ4n) is 0.986. The van der Waals surface area contributed by atoms with Crippen LogP contribution >= 0.6 is 11.6 Å². The molecule has 0 saturated carbocycles. The molecule has 15 heavy (non-hydrogen) atoms. The van der Waals surface area contributed by atoms with E-state index >= 15 is 0 Å². The van der Waals surface area contributed by atoms with E-state index in [0.717, 1.165) is 11.1 Å². The molecule has 0 unspecified atom stereocenters. The number of carbonyl (C=O) groups is 1. The highest BCUT2D eigenvalue weighted by molar-refractivity contribution is 6.17. The van der Waals surface area contributed by atoms with E-state index in [4.69, 9.17) is 16.7 Å². The summed E-state index contributed by atoms with van der Waals surface area (Å²) in [5.41, 5.74) is 2.02. The second kappa shape index (κ2) is 5.37. The van der Waals surface area contributed by atoms with E-state index < -0.39 is 5.97 Å². The Morgan fingerprint density at radius 3 is 2.47 bits per heavy atom. The van der Waals surface area contributed by atoms with Crippen molar-refractivity contribution in [3.05, 3.63) is 53.6 Å². The molecule has 0 radical (unpaired) electrons. The molecule has 0 saturated heterocycles. The zero-order chi connectivity index (χ0) is 11.3. The van der Waals surface area contributed by atoms with Crippen molar-refractivity contribution in [3.8, 4) is 0 Å². The van der Waals surface area contributed by atoms with Crippen LogP contribution in [0.25, 0.3) is 6.08 Å². The normalized spacial score (nSPS) is 10.5. The maximum Gasteiger partial charge on any atom is 0.335 e. The van der Waals surface area contributed by atoms with Gasteiger partial charge in [0.2, 0.25) is 0 Å². The van der Waals surface area contributed by atoms with Gasteiger partial charge in [-0.15, -0.1) is 11.6 Å². The highest BCUT2D eigenvalue weighted by Crippen LogP contribution is 2.09. The number of halogens is 1. The number of hydrogen-bond acceptors (Lipinski definition) is 1. The third-order valence-electron chi connectivity index (χ3n) is 1.89. The van der Waals surface area contributed by atoms with Gasteiger partial charge in [-0.05, 0) is 17.2 Å². The number of carboxylic acid groups (broad SMARTS) is 1. The summed E-state index contributed by atoms with van der Waals surface area (Å²) >= 11 is 5.64. The highest BCUT2D eigenvalue weighted by Gasteiger charge is 1.97. The molecule has 0 bridgehead atoms. The maximum absolute atomic E-state index is 10.5. The lowest BCUT2D eigenvalue weighted by Gasteiger charge is -1.96. The summed E-state index contributed by atoms with van der Waals surface area (Å²) in [6.07, 6.45) is 3.17. The first kappa shape index (κ1) is 11.5. The van der Waals surface area contributed by atoms with Crippen molar-refractivity contribution >= 4 is 23.6 Å². The minimum Gasteiger partial charge on any atom is -0.478 e. The quantitative estimate of drug-likeness (QED) is 0.483. The van der Waals surface area contributed by atoms with Gasteiger partial charge in [-0.25, -0.2) is 4.79 Å². The number of benzene rings is 1. The first-order valence-corrected chi connectivity index (χ1v) is 4.92. The van der Waals surface area contributed by atoms with Gasteiger partial charge in [0, 0.05) is 5.88 Å². The molecule has 3 heteroatoms. The molecule has 0 atom stereocenters. The summed E-state index contributed by atoms with van der Waals surface area (Å²) in [5.74, 6) is -0.533. The van der Waals surface area contributed by atoms with Crippen molar-refractivity contribution in [1.29, 1.82) is 0 Å². The molecule has 1 aromatic carbocycles. The van der Waals surface area contributed by atoms with Crippen molar-refractivity contribution in [2.24, 2.45) is 0 Å². The van der Waals surface area contributed by atoms with E-state index in [0.29, 0.717) is 5.88 Å². The Labute approximate surface area is 93.5 Å². The molecule has 0 fully saturated rings. The third-order valence-corrected chi connectivity index (χ3v) is 2.19. The third kappa shape index (κ3) is 3.60. The van der Waals surface area contributed by atoms with Crippen LogP contribution in [0.3, 0.4) is 0 Å². The zero-order valence-electron chi connectivity index (χ0n) is 8.11. The van der Waals surface area contributed by atoms with E-state index in [2.05, 4.69) is 6.58 Å². The predicted octanol–water partition coefficient (Wildman–Crippen LogP) is 3.08. The van der Waals surface area contributed by atoms with Crippen molar-refractivity contribution < 1.29 is 9.90 Å². The first-order chi connectivity index (χ1) is 7.13. The van der Waals surface area contributed by atoms with Gasteiger partial charge in [-0.2, -0.15) is 0 Å². The van der Waals surface area contributed by atoms with Gasteiger partial charge in [0.05, 0.1) is 5.57 Å². The van der Waals surface area contributed by atoms with Crippen LogP contribution in [-0.2, 0) is 10.7 Å². The minimum atomic E-state index is -1.01. The Morgan fingerprint density at radius 1 is 1.40 bits per heavy atom. The Kier molecular flexibility index (Phi) is 4.13. The van der Waals surface area contributed by atoms with Crippen molar-refractivity contribution in [1.82, 2.24) is 0 Å². The first-order valence-electron chi connectivity index (χ1n) is 4.38. The summed E-state index contributed by atoms with van der Waals surface area (Å²) in [4.78, 5) is 10.5. The Bertz CT molecular complexity index is 391. The van der Waals surface area contributed by atoms with Crippen LogP contribution in [0.1, 0.15) is 11.1 Å². The Balaban J connectivity index is 2.73. The minimum absolute atomic E-state index is 0.0661. The summed E-state index contributed by atoms with van der Waals surface area (Å²) in [7, 11) is 0. The molecule has 78 valence electrons. The molecule has 1 rings (SSSR count). The molecule has 0 aromatic heterocycles. The number of alkyl halides is 1. The van der Waals surface area contributed by atoms with Crippen LogP contribution in [0.2, 0.25) is 0 Å². The smallest absolute Gasteiger partial charge is 0.335 e. The monoisotopic (exact) mass is 222 g/mol. The highest BCUT2D eigenvalue weighted by atomic mass is 35.5. The van der Waals surface area contributed by atoms with Crippen LogP contribution in [0, 0.1) is 0 Å². The number of hydrogen-bond donors (Lipinski definition) is 1. The van der Waals surface area contributed by atoms with E-state index in [-0.39, 0.29) is 5.57 Å². The molecule has 1 aromatic rings. The topological polar surface area (TPSA) is 37.3 Å². The molecular formula is C12H11ClO2. The predicted molar refractivity (Wildman–Crippen MR) is 61.8 cm³/mol. The number of carboxylic acids is 1. The van der Waals surface area contributed by atoms with Crippen LogP contribution in [0.4, 0.5) is 0 Å². The van der Waals surface area contributed by atoms with Gasteiger partial charge >= 0.3 is 5.97 Å². The zero-order valence-corrected chi connectivity index (χ0v) is 8.87. The summed E-state index contributed by atoms with van der Waals surface area (Å²) < 4.78 is 0. The number of aliphatic carboxylic acids is 1. The van der Waals surface area contributed by atoms with Crippen molar-refractivity contribution in [2.75, 3.05) is 0 Å². The standard InChI is InChI=1S/C12H11ClO2/c1-9(12(14)15)2-3-10-4-6-11(8-13)7-5-10/h2-7H,1,8H2,(H,14,15). The van der Waals surface area contributed by atoms with Crippen LogP contribution in [0.15, 0.2) is 42.5 Å². The summed E-state index contributed by atoms with van der Waals surface area (Å²) in [6.45, 7) is 3.40. The van der Waals surface area contributed by atoms with Gasteiger partial charge in [0.15, 0.2) is 0 Å². The van der Waals surface area contributed by atoms with E-state index in [1.807, 2.05) is 24.3 Å². The van der Waals surface area contributed by atoms with Crippen molar-refractivity contribution in [2.45, 2.75) is 5.88 Å². The summed E-state index contributed by atoms with van der Waals surface area (Å²) in [5, 5.41) is 8.57. The average Bonchev–Trinajstić information content (AvgIpc) is 2.26. The van der Waals surface area contributed by atoms with Gasteiger partial charge in [0.1, 0.15) is 0 Å². The van der Waals surface area contributed by atoms with Gasteiger partial charge in [-0.3, -0.25) is 0 Å². The second-order valence-corrected chi connectivity index (χ2v) is 3.31. The molecular weight excluding hydrogens is 212 g/mol.